The Labute approximate surface area is 249 Å². The number of benzene rings is 3. The zero-order chi connectivity index (χ0) is 29.4. The number of nitrogens with one attached hydrogen (secondary N) is 1. The molecule has 3 aromatic carbocycles. The SMILES string of the molecule is CCOc1ccccc1N(CC(=O)N(Cc1ccc(Br)cc1)[C@H](C)C(=O)NC(C)C)S(=O)(=O)c1ccc(Cl)cc1. The third-order valence-corrected chi connectivity index (χ3v) is 8.53. The van der Waals surface area contributed by atoms with Crippen LogP contribution in [0.15, 0.2) is 82.2 Å². The van der Waals surface area contributed by atoms with Crippen molar-refractivity contribution in [1.29, 1.82) is 0 Å². The molecule has 1 atom stereocenters. The fraction of sp³-hybridized carbons (Fsp3) is 0.310. The van der Waals surface area contributed by atoms with Gasteiger partial charge in [0.2, 0.25) is 11.8 Å². The molecule has 1 N–H and O–H groups in total. The second-order valence-corrected chi connectivity index (χ2v) is 12.6. The van der Waals surface area contributed by atoms with Gasteiger partial charge in [0.25, 0.3) is 10.0 Å². The highest BCUT2D eigenvalue weighted by atomic mass is 79.9. The number of rotatable bonds is 12. The van der Waals surface area contributed by atoms with E-state index in [1.165, 1.54) is 29.2 Å². The molecule has 8 nitrogen and oxygen atoms in total. The fourth-order valence-corrected chi connectivity index (χ4v) is 5.78. The van der Waals surface area contributed by atoms with Gasteiger partial charge >= 0.3 is 0 Å². The van der Waals surface area contributed by atoms with Crippen molar-refractivity contribution >= 4 is 55.1 Å². The van der Waals surface area contributed by atoms with Crippen LogP contribution in [-0.4, -0.2) is 50.4 Å². The Morgan fingerprint density at radius 3 is 2.20 bits per heavy atom. The van der Waals surface area contributed by atoms with Gasteiger partial charge in [-0.15, -0.1) is 0 Å². The topological polar surface area (TPSA) is 96.0 Å². The summed E-state index contributed by atoms with van der Waals surface area (Å²) in [6.45, 7) is 6.90. The number of carbonyl (C=O) groups is 2. The van der Waals surface area contributed by atoms with Crippen LogP contribution in [0.5, 0.6) is 5.75 Å². The lowest BCUT2D eigenvalue weighted by atomic mass is 10.1. The molecule has 0 aliphatic rings. The Hall–Kier alpha value is -3.08. The molecule has 0 saturated carbocycles. The Morgan fingerprint density at radius 2 is 1.60 bits per heavy atom. The molecule has 0 unspecified atom stereocenters. The first-order valence-electron chi connectivity index (χ1n) is 12.8. The molecule has 0 spiro atoms. The number of anilines is 1. The first-order valence-corrected chi connectivity index (χ1v) is 15.4. The molecule has 214 valence electrons. The normalized spacial score (nSPS) is 12.1. The van der Waals surface area contributed by atoms with Gasteiger partial charge in [0, 0.05) is 22.1 Å². The van der Waals surface area contributed by atoms with Crippen LogP contribution in [0.4, 0.5) is 5.69 Å². The number of para-hydroxylation sites is 2. The van der Waals surface area contributed by atoms with E-state index >= 15 is 0 Å². The molecule has 3 rings (SSSR count). The van der Waals surface area contributed by atoms with Crippen LogP contribution in [0.25, 0.3) is 0 Å². The Bertz CT molecular complexity index is 1420. The van der Waals surface area contributed by atoms with Gasteiger partial charge in [-0.3, -0.25) is 13.9 Å². The molecule has 0 aliphatic carbocycles. The summed E-state index contributed by atoms with van der Waals surface area (Å²) >= 11 is 9.42. The summed E-state index contributed by atoms with van der Waals surface area (Å²) in [6, 6.07) is 18.7. The second-order valence-electron chi connectivity index (χ2n) is 9.35. The van der Waals surface area contributed by atoms with Crippen LogP contribution in [0.3, 0.4) is 0 Å². The molecule has 0 aromatic heterocycles. The molecule has 0 aliphatic heterocycles. The van der Waals surface area contributed by atoms with Crippen LogP contribution in [0, 0.1) is 0 Å². The van der Waals surface area contributed by atoms with Crippen LogP contribution < -0.4 is 14.4 Å². The number of halogens is 2. The van der Waals surface area contributed by atoms with Crippen molar-refractivity contribution in [3.05, 3.63) is 87.9 Å². The van der Waals surface area contributed by atoms with Crippen molar-refractivity contribution in [3.63, 3.8) is 0 Å². The standard InChI is InChI=1S/C29H33BrClN3O5S/c1-5-39-27-9-7-6-8-26(27)34(40(37,38)25-16-14-24(31)15-17-25)19-28(35)33(21(4)29(36)32-20(2)3)18-22-10-12-23(30)13-11-22/h6-17,20-21H,5,18-19H2,1-4H3,(H,32,36)/t21-/m1/s1. The van der Waals surface area contributed by atoms with E-state index in [0.717, 1.165) is 14.3 Å². The van der Waals surface area contributed by atoms with E-state index in [1.54, 1.807) is 38.1 Å². The van der Waals surface area contributed by atoms with Gasteiger partial charge in [0.1, 0.15) is 18.3 Å². The van der Waals surface area contributed by atoms with E-state index < -0.39 is 28.5 Å². The number of ether oxygens (including phenoxy) is 1. The van der Waals surface area contributed by atoms with Gasteiger partial charge in [-0.1, -0.05) is 51.8 Å². The van der Waals surface area contributed by atoms with E-state index in [9.17, 15) is 18.0 Å². The molecule has 0 fully saturated rings. The van der Waals surface area contributed by atoms with E-state index in [1.807, 2.05) is 38.1 Å². The first-order chi connectivity index (χ1) is 18.9. The van der Waals surface area contributed by atoms with Gasteiger partial charge in [-0.2, -0.15) is 0 Å². The zero-order valence-electron chi connectivity index (χ0n) is 22.8. The average molecular weight is 651 g/mol. The lowest BCUT2D eigenvalue weighted by Crippen LogP contribution is -2.52. The van der Waals surface area contributed by atoms with E-state index in [0.29, 0.717) is 17.4 Å². The minimum Gasteiger partial charge on any atom is -0.492 e. The number of hydrogen-bond acceptors (Lipinski definition) is 5. The Kier molecular flexibility index (Phi) is 11.0. The van der Waals surface area contributed by atoms with Gasteiger partial charge in [-0.05, 0) is 81.8 Å². The van der Waals surface area contributed by atoms with Crippen LogP contribution in [0.2, 0.25) is 5.02 Å². The number of sulfonamides is 1. The summed E-state index contributed by atoms with van der Waals surface area (Å²) in [7, 11) is -4.24. The summed E-state index contributed by atoms with van der Waals surface area (Å²) in [5, 5.41) is 3.22. The first kappa shape index (κ1) is 31.4. The van der Waals surface area contributed by atoms with Crippen LogP contribution >= 0.6 is 27.5 Å². The van der Waals surface area contributed by atoms with Crippen molar-refractivity contribution in [1.82, 2.24) is 10.2 Å². The molecule has 0 heterocycles. The number of amides is 2. The highest BCUT2D eigenvalue weighted by Gasteiger charge is 2.34. The van der Waals surface area contributed by atoms with Crippen molar-refractivity contribution < 1.29 is 22.7 Å². The van der Waals surface area contributed by atoms with E-state index in [4.69, 9.17) is 16.3 Å². The second kappa shape index (κ2) is 14.0. The van der Waals surface area contributed by atoms with Crippen molar-refractivity contribution in [2.24, 2.45) is 0 Å². The number of nitrogens with zero attached hydrogens (tertiary/aromatic N) is 2. The zero-order valence-corrected chi connectivity index (χ0v) is 26.0. The third-order valence-electron chi connectivity index (χ3n) is 5.98. The third kappa shape index (κ3) is 7.99. The van der Waals surface area contributed by atoms with E-state index in [2.05, 4.69) is 21.2 Å². The van der Waals surface area contributed by atoms with E-state index in [-0.39, 0.29) is 29.1 Å². The monoisotopic (exact) mass is 649 g/mol. The molecule has 0 saturated heterocycles. The van der Waals surface area contributed by atoms with Gasteiger partial charge < -0.3 is 15.0 Å². The summed E-state index contributed by atoms with van der Waals surface area (Å²) in [6.07, 6.45) is 0. The van der Waals surface area contributed by atoms with Crippen LogP contribution in [-0.2, 0) is 26.2 Å². The van der Waals surface area contributed by atoms with Crippen LogP contribution in [0.1, 0.15) is 33.3 Å². The quantitative estimate of drug-likeness (QED) is 0.274. The molecular weight excluding hydrogens is 618 g/mol. The molecule has 40 heavy (non-hydrogen) atoms. The molecule has 2 amide bonds. The van der Waals surface area contributed by atoms with Gasteiger partial charge in [-0.25, -0.2) is 8.42 Å². The number of carbonyl (C=O) groups excluding carboxylic acids is 2. The molecule has 3 aromatic rings. The maximum absolute atomic E-state index is 14.0. The predicted octanol–water partition coefficient (Wildman–Crippen LogP) is 5.64. The Morgan fingerprint density at radius 1 is 0.975 bits per heavy atom. The van der Waals surface area contributed by atoms with Crippen molar-refractivity contribution in [2.75, 3.05) is 17.5 Å². The maximum Gasteiger partial charge on any atom is 0.264 e. The lowest BCUT2D eigenvalue weighted by Gasteiger charge is -2.32. The summed E-state index contributed by atoms with van der Waals surface area (Å²) in [5.74, 6) is -0.596. The molecule has 0 radical (unpaired) electrons. The summed E-state index contributed by atoms with van der Waals surface area (Å²) in [4.78, 5) is 28.4. The molecular formula is C29H33BrClN3O5S. The van der Waals surface area contributed by atoms with Gasteiger partial charge in [0.15, 0.2) is 0 Å². The minimum atomic E-state index is -4.24. The van der Waals surface area contributed by atoms with Crippen molar-refractivity contribution in [2.45, 2.75) is 51.2 Å². The highest BCUT2D eigenvalue weighted by molar-refractivity contribution is 9.10. The summed E-state index contributed by atoms with van der Waals surface area (Å²) < 4.78 is 35.6. The highest BCUT2D eigenvalue weighted by Crippen LogP contribution is 2.33. The smallest absolute Gasteiger partial charge is 0.264 e. The Balaban J connectivity index is 2.08. The van der Waals surface area contributed by atoms with Gasteiger partial charge in [0.05, 0.1) is 17.2 Å². The fourth-order valence-electron chi connectivity index (χ4n) is 3.96. The largest absolute Gasteiger partial charge is 0.492 e. The molecule has 0 bridgehead atoms. The lowest BCUT2D eigenvalue weighted by molar-refractivity contribution is -0.139. The molecule has 11 heteroatoms. The number of hydrogen-bond donors (Lipinski definition) is 1. The minimum absolute atomic E-state index is 0.0407. The summed E-state index contributed by atoms with van der Waals surface area (Å²) in [5.41, 5.74) is 0.984. The van der Waals surface area contributed by atoms with Crippen molar-refractivity contribution in [3.8, 4) is 5.75 Å². The average Bonchev–Trinajstić information content (AvgIpc) is 2.91. The predicted molar refractivity (Wildman–Crippen MR) is 161 cm³/mol. The maximum atomic E-state index is 14.0.